The molecule has 1 amide bonds. The Balaban J connectivity index is 1.54. The normalized spacial score (nSPS) is 24.1. The smallest absolute Gasteiger partial charge is 0.224 e. The number of amides is 1. The summed E-state index contributed by atoms with van der Waals surface area (Å²) in [5.41, 5.74) is 8.29. The van der Waals surface area contributed by atoms with E-state index in [1.165, 1.54) is 11.8 Å². The second-order valence-corrected chi connectivity index (χ2v) is 11.2. The molecule has 2 aromatic carbocycles. The molecule has 1 fully saturated rings. The lowest BCUT2D eigenvalue weighted by atomic mass is 9.91. The highest BCUT2D eigenvalue weighted by molar-refractivity contribution is 7.99. The lowest BCUT2D eigenvalue weighted by molar-refractivity contribution is -0.200. The van der Waals surface area contributed by atoms with Crippen LogP contribution in [0.15, 0.2) is 42.5 Å². The van der Waals surface area contributed by atoms with Crippen molar-refractivity contribution in [2.75, 3.05) is 26.0 Å². The van der Waals surface area contributed by atoms with E-state index >= 15 is 0 Å². The molecule has 6 N–H and O–H groups in total. The molecule has 1 aliphatic rings. The quantitative estimate of drug-likeness (QED) is 0.263. The fourth-order valence-corrected chi connectivity index (χ4v) is 4.85. The number of ether oxygens (including phenoxy) is 2. The summed E-state index contributed by atoms with van der Waals surface area (Å²) >= 11 is 1.30. The second kappa shape index (κ2) is 13.1. The van der Waals surface area contributed by atoms with Crippen LogP contribution in [-0.4, -0.2) is 70.9 Å². The minimum absolute atomic E-state index is 0.318. The summed E-state index contributed by atoms with van der Waals surface area (Å²) in [6.45, 7) is 7.51. The van der Waals surface area contributed by atoms with Gasteiger partial charge in [-0.05, 0) is 80.8 Å². The lowest BCUT2D eigenvalue weighted by Gasteiger charge is -2.40. The van der Waals surface area contributed by atoms with Gasteiger partial charge in [-0.15, -0.1) is 11.8 Å². The van der Waals surface area contributed by atoms with Crippen LogP contribution in [0.2, 0.25) is 0 Å². The zero-order valence-electron chi connectivity index (χ0n) is 22.0. The van der Waals surface area contributed by atoms with Crippen molar-refractivity contribution >= 4 is 17.7 Å². The summed E-state index contributed by atoms with van der Waals surface area (Å²) in [6.07, 6.45) is -1.05. The minimum Gasteiger partial charge on any atom is -0.494 e. The molecule has 2 aromatic rings. The van der Waals surface area contributed by atoms with Crippen LogP contribution in [0, 0.1) is 12.3 Å². The molecule has 0 spiro atoms. The van der Waals surface area contributed by atoms with Gasteiger partial charge in [0.25, 0.3) is 0 Å². The molecule has 37 heavy (non-hydrogen) atoms. The van der Waals surface area contributed by atoms with Gasteiger partial charge in [-0.2, -0.15) is 0 Å². The van der Waals surface area contributed by atoms with Gasteiger partial charge in [-0.3, -0.25) is 4.79 Å². The molecule has 8 nitrogen and oxygen atoms in total. The highest BCUT2D eigenvalue weighted by Crippen LogP contribution is 2.36. The van der Waals surface area contributed by atoms with E-state index in [1.54, 1.807) is 6.26 Å². The molecule has 5 atom stereocenters. The van der Waals surface area contributed by atoms with E-state index in [9.17, 15) is 20.1 Å². The average Bonchev–Trinajstić information content (AvgIpc) is 2.87. The predicted molar refractivity (Wildman–Crippen MR) is 146 cm³/mol. The summed E-state index contributed by atoms with van der Waals surface area (Å²) < 4.78 is 11.8. The van der Waals surface area contributed by atoms with E-state index in [0.29, 0.717) is 19.6 Å². The second-order valence-electron chi connectivity index (χ2n) is 10.3. The van der Waals surface area contributed by atoms with Crippen LogP contribution in [0.5, 0.6) is 5.75 Å². The van der Waals surface area contributed by atoms with Crippen LogP contribution in [0.4, 0.5) is 0 Å². The number of nitrogens with two attached hydrogens (primary N) is 1. The van der Waals surface area contributed by atoms with Crippen molar-refractivity contribution in [2.45, 2.75) is 63.5 Å². The third kappa shape index (κ3) is 7.69. The van der Waals surface area contributed by atoms with Crippen molar-refractivity contribution in [1.82, 2.24) is 5.32 Å². The molecular formula is C28H40N2O6S. The van der Waals surface area contributed by atoms with Gasteiger partial charge in [-0.1, -0.05) is 30.3 Å². The summed E-state index contributed by atoms with van der Waals surface area (Å²) in [6, 6.07) is 13.9. The largest absolute Gasteiger partial charge is 0.494 e. The lowest BCUT2D eigenvalue weighted by Crippen LogP contribution is -2.52. The van der Waals surface area contributed by atoms with Crippen molar-refractivity contribution < 1.29 is 29.6 Å². The molecule has 0 unspecified atom stereocenters. The first-order valence-corrected chi connectivity index (χ1v) is 13.9. The molecular weight excluding hydrogens is 492 g/mol. The maximum Gasteiger partial charge on any atom is 0.224 e. The Morgan fingerprint density at radius 2 is 1.81 bits per heavy atom. The standard InChI is InChI=1S/C28H40N2O6S/c1-17-6-9-19(25-23(32)22(31)24(33)26(36-25)37-4)15-20(17)14-18-7-10-21(11-8-18)35-13-5-12-30-16-28(2,3)27(29)34/h6-11,15,22-26,30-33H,5,12-14,16H2,1-4H3,(H2,29,34)/t22-,23-,24+,25+,26-/m1/s1. The molecule has 1 heterocycles. The highest BCUT2D eigenvalue weighted by atomic mass is 32.2. The molecule has 3 rings (SSSR count). The number of primary amides is 1. The number of nitrogens with one attached hydrogen (secondary N) is 1. The fraction of sp³-hybridized carbons (Fsp3) is 0.536. The molecule has 0 aliphatic carbocycles. The third-order valence-electron chi connectivity index (χ3n) is 6.82. The SMILES string of the molecule is CS[C@H]1O[C@@H](c2ccc(C)c(Cc3ccc(OCCCNCC(C)(C)C(N)=O)cc3)c2)[C@H](O)[C@@H](O)[C@@H]1O. The number of aryl methyl sites for hydroxylation is 1. The molecule has 0 aromatic heterocycles. The number of aliphatic hydroxyl groups is 3. The van der Waals surface area contributed by atoms with Gasteiger partial charge in [0.1, 0.15) is 35.6 Å². The monoisotopic (exact) mass is 532 g/mol. The Labute approximate surface area is 223 Å². The summed E-state index contributed by atoms with van der Waals surface area (Å²) in [5, 5.41) is 34.2. The highest BCUT2D eigenvalue weighted by Gasteiger charge is 2.44. The Bertz CT molecular complexity index is 1030. The molecule has 0 saturated carbocycles. The van der Waals surface area contributed by atoms with E-state index in [2.05, 4.69) is 5.32 Å². The number of rotatable bonds is 12. The zero-order valence-corrected chi connectivity index (χ0v) is 22.8. The van der Waals surface area contributed by atoms with Crippen molar-refractivity contribution in [3.8, 4) is 5.75 Å². The zero-order chi connectivity index (χ0) is 27.2. The first-order valence-electron chi connectivity index (χ1n) is 12.6. The maximum absolute atomic E-state index is 11.4. The van der Waals surface area contributed by atoms with Crippen molar-refractivity contribution in [3.05, 3.63) is 64.7 Å². The number of aliphatic hydroxyl groups excluding tert-OH is 3. The Hall–Kier alpha value is -2.14. The van der Waals surface area contributed by atoms with Crippen LogP contribution >= 0.6 is 11.8 Å². The van der Waals surface area contributed by atoms with Gasteiger partial charge < -0.3 is 35.8 Å². The first-order chi connectivity index (χ1) is 17.5. The predicted octanol–water partition coefficient (Wildman–Crippen LogP) is 2.30. The van der Waals surface area contributed by atoms with Crippen molar-refractivity contribution in [3.63, 3.8) is 0 Å². The number of carbonyl (C=O) groups excluding carboxylic acids is 1. The fourth-order valence-electron chi connectivity index (χ4n) is 4.18. The topological polar surface area (TPSA) is 134 Å². The molecule has 1 saturated heterocycles. The van der Waals surface area contributed by atoms with Crippen LogP contribution in [0.1, 0.15) is 48.6 Å². The van der Waals surface area contributed by atoms with Crippen molar-refractivity contribution in [2.24, 2.45) is 11.1 Å². The molecule has 9 heteroatoms. The maximum atomic E-state index is 11.4. The Kier molecular flexibility index (Phi) is 10.4. The number of benzene rings is 2. The van der Waals surface area contributed by atoms with E-state index in [0.717, 1.165) is 41.0 Å². The van der Waals surface area contributed by atoms with E-state index < -0.39 is 35.3 Å². The number of hydrogen-bond donors (Lipinski definition) is 5. The number of thioether (sulfide) groups is 1. The summed E-state index contributed by atoms with van der Waals surface area (Å²) in [5.74, 6) is 0.474. The van der Waals surface area contributed by atoms with Gasteiger partial charge in [0, 0.05) is 6.54 Å². The van der Waals surface area contributed by atoms with Crippen LogP contribution in [0.25, 0.3) is 0 Å². The van der Waals surface area contributed by atoms with Gasteiger partial charge in [0.15, 0.2) is 0 Å². The first kappa shape index (κ1) is 29.4. The summed E-state index contributed by atoms with van der Waals surface area (Å²) in [4.78, 5) is 11.4. The average molecular weight is 533 g/mol. The van der Waals surface area contributed by atoms with Gasteiger partial charge in [-0.25, -0.2) is 0 Å². The minimum atomic E-state index is -1.27. The number of carbonyl (C=O) groups is 1. The third-order valence-corrected chi connectivity index (χ3v) is 7.68. The van der Waals surface area contributed by atoms with E-state index in [-0.39, 0.29) is 5.91 Å². The number of hydrogen-bond acceptors (Lipinski definition) is 8. The molecule has 0 bridgehead atoms. The van der Waals surface area contributed by atoms with Crippen LogP contribution in [0.3, 0.4) is 0 Å². The Morgan fingerprint density at radius 3 is 2.46 bits per heavy atom. The molecule has 204 valence electrons. The van der Waals surface area contributed by atoms with Crippen LogP contribution in [-0.2, 0) is 16.0 Å². The van der Waals surface area contributed by atoms with Crippen LogP contribution < -0.4 is 15.8 Å². The van der Waals surface area contributed by atoms with Crippen molar-refractivity contribution in [1.29, 1.82) is 0 Å². The summed E-state index contributed by atoms with van der Waals surface area (Å²) in [7, 11) is 0. The van der Waals surface area contributed by atoms with E-state index in [4.69, 9.17) is 15.2 Å². The molecule has 0 radical (unpaired) electrons. The molecule has 1 aliphatic heterocycles. The van der Waals surface area contributed by atoms with Gasteiger partial charge in [0.05, 0.1) is 12.0 Å². The van der Waals surface area contributed by atoms with Gasteiger partial charge in [0.2, 0.25) is 5.91 Å². The van der Waals surface area contributed by atoms with Gasteiger partial charge >= 0.3 is 0 Å². The Morgan fingerprint density at radius 1 is 1.11 bits per heavy atom. The van der Waals surface area contributed by atoms with E-state index in [1.807, 2.05) is 63.2 Å².